The molecule has 0 aromatic rings. The average molecular weight is 271 g/mol. The summed E-state index contributed by atoms with van der Waals surface area (Å²) in [6, 6.07) is 0.759. The van der Waals surface area contributed by atoms with Crippen molar-refractivity contribution in [2.45, 2.75) is 67.3 Å². The molecule has 0 saturated heterocycles. The summed E-state index contributed by atoms with van der Waals surface area (Å²) in [5.41, 5.74) is 0. The summed E-state index contributed by atoms with van der Waals surface area (Å²) in [4.78, 5) is 2.71. The van der Waals surface area contributed by atoms with Crippen molar-refractivity contribution in [1.29, 1.82) is 0 Å². The van der Waals surface area contributed by atoms with Crippen LogP contribution in [0.5, 0.6) is 0 Å². The van der Waals surface area contributed by atoms with Crippen molar-refractivity contribution in [1.82, 2.24) is 10.2 Å². The molecule has 2 nitrogen and oxygen atoms in total. The van der Waals surface area contributed by atoms with E-state index >= 15 is 0 Å². The van der Waals surface area contributed by atoms with Gasteiger partial charge < -0.3 is 5.32 Å². The molecule has 0 fully saturated rings. The first-order chi connectivity index (χ1) is 8.90. The number of rotatable bonds is 11. The van der Waals surface area contributed by atoms with Gasteiger partial charge in [0.15, 0.2) is 0 Å². The van der Waals surface area contributed by atoms with Crippen molar-refractivity contribution < 1.29 is 0 Å². The van der Waals surface area contributed by atoms with Gasteiger partial charge in [-0.25, -0.2) is 0 Å². The normalized spacial score (nSPS) is 14.1. The Kier molecular flexibility index (Phi) is 10.6. The van der Waals surface area contributed by atoms with Crippen LogP contribution in [0.2, 0.25) is 0 Å². The molecular formula is C17H38N2. The lowest BCUT2D eigenvalue weighted by atomic mass is 10.0. The average Bonchev–Trinajstić information content (AvgIpc) is 2.28. The van der Waals surface area contributed by atoms with Crippen LogP contribution in [0.1, 0.15) is 61.3 Å². The standard InChI is InChI=1S/C17H38N2/c1-8-17(9-2)19(12-15(5)6)13-16(7)11-18-10-14(3)4/h14-18H,8-13H2,1-7H3. The summed E-state index contributed by atoms with van der Waals surface area (Å²) in [7, 11) is 0. The predicted molar refractivity (Wildman–Crippen MR) is 87.7 cm³/mol. The molecule has 0 aromatic carbocycles. The molecule has 1 unspecified atom stereocenters. The fraction of sp³-hybridized carbons (Fsp3) is 1.00. The fourth-order valence-electron chi connectivity index (χ4n) is 2.73. The van der Waals surface area contributed by atoms with Crippen molar-refractivity contribution in [2.75, 3.05) is 26.2 Å². The first kappa shape index (κ1) is 18.9. The van der Waals surface area contributed by atoms with E-state index in [9.17, 15) is 0 Å². The Hall–Kier alpha value is -0.0800. The van der Waals surface area contributed by atoms with Gasteiger partial charge in [-0.05, 0) is 43.7 Å². The Bertz CT molecular complexity index is 197. The van der Waals surface area contributed by atoms with Crippen molar-refractivity contribution in [3.05, 3.63) is 0 Å². The zero-order valence-corrected chi connectivity index (χ0v) is 14.5. The maximum Gasteiger partial charge on any atom is 0.00902 e. The molecule has 0 saturated carbocycles. The van der Waals surface area contributed by atoms with Gasteiger partial charge in [-0.2, -0.15) is 0 Å². The molecule has 116 valence electrons. The molecule has 0 rings (SSSR count). The minimum Gasteiger partial charge on any atom is -0.316 e. The topological polar surface area (TPSA) is 15.3 Å². The van der Waals surface area contributed by atoms with E-state index in [0.29, 0.717) is 0 Å². The largest absolute Gasteiger partial charge is 0.316 e. The SMILES string of the molecule is CCC(CC)N(CC(C)C)CC(C)CNCC(C)C. The maximum absolute atomic E-state index is 3.59. The molecule has 19 heavy (non-hydrogen) atoms. The van der Waals surface area contributed by atoms with Crippen molar-refractivity contribution in [3.63, 3.8) is 0 Å². The Morgan fingerprint density at radius 1 is 0.789 bits per heavy atom. The lowest BCUT2D eigenvalue weighted by molar-refractivity contribution is 0.143. The quantitative estimate of drug-likeness (QED) is 0.610. The van der Waals surface area contributed by atoms with E-state index in [1.165, 1.54) is 25.9 Å². The molecule has 1 N–H and O–H groups in total. The minimum absolute atomic E-state index is 0.734. The van der Waals surface area contributed by atoms with Crippen LogP contribution in [-0.2, 0) is 0 Å². The fourth-order valence-corrected chi connectivity index (χ4v) is 2.73. The van der Waals surface area contributed by atoms with Crippen LogP contribution < -0.4 is 5.32 Å². The second-order valence-electron chi connectivity index (χ2n) is 6.98. The van der Waals surface area contributed by atoms with E-state index < -0.39 is 0 Å². The molecule has 2 heteroatoms. The highest BCUT2D eigenvalue weighted by Gasteiger charge is 2.18. The molecule has 0 aliphatic carbocycles. The second kappa shape index (κ2) is 10.7. The molecule has 0 aliphatic rings. The third-order valence-electron chi connectivity index (χ3n) is 3.65. The number of hydrogen-bond acceptors (Lipinski definition) is 2. The zero-order chi connectivity index (χ0) is 14.8. The molecule has 0 heterocycles. The van der Waals surface area contributed by atoms with Gasteiger partial charge in [0.2, 0.25) is 0 Å². The van der Waals surface area contributed by atoms with Crippen LogP contribution in [0.15, 0.2) is 0 Å². The van der Waals surface area contributed by atoms with Crippen LogP contribution in [0.25, 0.3) is 0 Å². The van der Waals surface area contributed by atoms with Crippen LogP contribution in [-0.4, -0.2) is 37.1 Å². The van der Waals surface area contributed by atoms with Crippen LogP contribution >= 0.6 is 0 Å². The monoisotopic (exact) mass is 270 g/mol. The third kappa shape index (κ3) is 9.45. The van der Waals surface area contributed by atoms with Gasteiger partial charge in [-0.1, -0.05) is 48.5 Å². The van der Waals surface area contributed by atoms with Crippen LogP contribution in [0.3, 0.4) is 0 Å². The van der Waals surface area contributed by atoms with E-state index in [2.05, 4.69) is 58.7 Å². The van der Waals surface area contributed by atoms with E-state index in [1.807, 2.05) is 0 Å². The van der Waals surface area contributed by atoms with Gasteiger partial charge in [-0.15, -0.1) is 0 Å². The smallest absolute Gasteiger partial charge is 0.00902 e. The Labute approximate surface area is 122 Å². The molecule has 0 aliphatic heterocycles. The molecule has 1 atom stereocenters. The first-order valence-electron chi connectivity index (χ1n) is 8.35. The Morgan fingerprint density at radius 3 is 1.79 bits per heavy atom. The minimum atomic E-state index is 0.734. The van der Waals surface area contributed by atoms with Gasteiger partial charge >= 0.3 is 0 Å². The number of nitrogens with zero attached hydrogens (tertiary/aromatic N) is 1. The van der Waals surface area contributed by atoms with E-state index in [4.69, 9.17) is 0 Å². The van der Waals surface area contributed by atoms with Gasteiger partial charge in [0.1, 0.15) is 0 Å². The molecule has 0 radical (unpaired) electrons. The van der Waals surface area contributed by atoms with E-state index in [1.54, 1.807) is 0 Å². The maximum atomic E-state index is 3.59. The van der Waals surface area contributed by atoms with Crippen molar-refractivity contribution in [2.24, 2.45) is 17.8 Å². The molecule has 0 amide bonds. The van der Waals surface area contributed by atoms with Gasteiger partial charge in [-0.3, -0.25) is 4.90 Å². The summed E-state index contributed by atoms with van der Waals surface area (Å²) in [5.74, 6) is 2.24. The number of nitrogens with one attached hydrogen (secondary N) is 1. The number of hydrogen-bond donors (Lipinski definition) is 1. The highest BCUT2D eigenvalue weighted by molar-refractivity contribution is 4.73. The van der Waals surface area contributed by atoms with Gasteiger partial charge in [0.25, 0.3) is 0 Å². The summed E-state index contributed by atoms with van der Waals surface area (Å²) in [6.45, 7) is 21.0. The summed E-state index contributed by atoms with van der Waals surface area (Å²) in [5, 5.41) is 3.59. The lowest BCUT2D eigenvalue weighted by Crippen LogP contribution is -2.42. The third-order valence-corrected chi connectivity index (χ3v) is 3.65. The summed E-state index contributed by atoms with van der Waals surface area (Å²) < 4.78 is 0. The molecule has 0 spiro atoms. The summed E-state index contributed by atoms with van der Waals surface area (Å²) in [6.07, 6.45) is 2.55. The highest BCUT2D eigenvalue weighted by Crippen LogP contribution is 2.13. The lowest BCUT2D eigenvalue weighted by Gasteiger charge is -2.34. The Balaban J connectivity index is 4.21. The highest BCUT2D eigenvalue weighted by atomic mass is 15.2. The van der Waals surface area contributed by atoms with Gasteiger partial charge in [0.05, 0.1) is 0 Å². The van der Waals surface area contributed by atoms with Gasteiger partial charge in [0, 0.05) is 19.1 Å². The van der Waals surface area contributed by atoms with Crippen LogP contribution in [0, 0.1) is 17.8 Å². The van der Waals surface area contributed by atoms with E-state index in [0.717, 1.165) is 36.9 Å². The molecule has 0 bridgehead atoms. The van der Waals surface area contributed by atoms with Crippen LogP contribution in [0.4, 0.5) is 0 Å². The Morgan fingerprint density at radius 2 is 1.37 bits per heavy atom. The molecule has 0 aromatic heterocycles. The zero-order valence-electron chi connectivity index (χ0n) is 14.5. The first-order valence-corrected chi connectivity index (χ1v) is 8.35. The summed E-state index contributed by atoms with van der Waals surface area (Å²) >= 11 is 0. The van der Waals surface area contributed by atoms with Crippen molar-refractivity contribution in [3.8, 4) is 0 Å². The predicted octanol–water partition coefficient (Wildman–Crippen LogP) is 4.01. The van der Waals surface area contributed by atoms with Crippen molar-refractivity contribution >= 4 is 0 Å². The second-order valence-corrected chi connectivity index (χ2v) is 6.98. The van der Waals surface area contributed by atoms with E-state index in [-0.39, 0.29) is 0 Å². The molecular weight excluding hydrogens is 232 g/mol.